The summed E-state index contributed by atoms with van der Waals surface area (Å²) in [6.07, 6.45) is 6.13. The normalized spacial score (nSPS) is 16.2. The smallest absolute Gasteiger partial charge is 0.0599 e. The second-order valence-corrected chi connectivity index (χ2v) is 12.6. The highest BCUT2D eigenvalue weighted by atomic mass is 28.3. The van der Waals surface area contributed by atoms with Gasteiger partial charge in [0.15, 0.2) is 0 Å². The van der Waals surface area contributed by atoms with Crippen molar-refractivity contribution in [3.8, 4) is 0 Å². The maximum Gasteiger partial charge on any atom is 0.0599 e. The SMILES string of the molecule is C[Si](C)(C)CN(CCN=CC1CC1)Cc1ccccc1. The predicted octanol–water partition coefficient (Wildman–Crippen LogP) is 3.85. The summed E-state index contributed by atoms with van der Waals surface area (Å²) in [4.78, 5) is 7.18. The topological polar surface area (TPSA) is 15.6 Å². The highest BCUT2D eigenvalue weighted by Gasteiger charge is 2.19. The van der Waals surface area contributed by atoms with E-state index in [-0.39, 0.29) is 0 Å². The Labute approximate surface area is 124 Å². The van der Waals surface area contributed by atoms with E-state index < -0.39 is 8.07 Å². The molecule has 0 N–H and O–H groups in total. The van der Waals surface area contributed by atoms with E-state index in [2.05, 4.69) is 66.1 Å². The molecule has 0 atom stereocenters. The lowest BCUT2D eigenvalue weighted by Crippen LogP contribution is -2.41. The molecule has 2 rings (SSSR count). The molecule has 0 aliphatic heterocycles. The van der Waals surface area contributed by atoms with E-state index in [9.17, 15) is 0 Å². The molecule has 3 heteroatoms. The summed E-state index contributed by atoms with van der Waals surface area (Å²) in [6.45, 7) is 10.4. The van der Waals surface area contributed by atoms with Crippen LogP contribution in [0, 0.1) is 5.92 Å². The molecule has 20 heavy (non-hydrogen) atoms. The first-order valence-corrected chi connectivity index (χ1v) is 11.5. The summed E-state index contributed by atoms with van der Waals surface area (Å²) >= 11 is 0. The quantitative estimate of drug-likeness (QED) is 0.524. The lowest BCUT2D eigenvalue weighted by Gasteiger charge is -2.28. The standard InChI is InChI=1S/C17H28N2Si/c1-20(2,3)15-19(12-11-18-13-16-9-10-16)14-17-7-5-4-6-8-17/h4-8,13,16H,9-12,14-15H2,1-3H3. The molecule has 1 saturated carbocycles. The molecular formula is C17H28N2Si. The first-order valence-electron chi connectivity index (χ1n) is 7.79. The van der Waals surface area contributed by atoms with Gasteiger partial charge in [-0.15, -0.1) is 0 Å². The van der Waals surface area contributed by atoms with Crippen molar-refractivity contribution < 1.29 is 0 Å². The van der Waals surface area contributed by atoms with Crippen LogP contribution in [0.25, 0.3) is 0 Å². The van der Waals surface area contributed by atoms with Crippen molar-refractivity contribution in [3.05, 3.63) is 35.9 Å². The van der Waals surface area contributed by atoms with Gasteiger partial charge >= 0.3 is 0 Å². The highest BCUT2D eigenvalue weighted by Crippen LogP contribution is 2.26. The van der Waals surface area contributed by atoms with E-state index >= 15 is 0 Å². The van der Waals surface area contributed by atoms with Crippen molar-refractivity contribution in [2.75, 3.05) is 19.3 Å². The number of rotatable bonds is 8. The van der Waals surface area contributed by atoms with Crippen LogP contribution in [0.4, 0.5) is 0 Å². The average molecular weight is 289 g/mol. The second kappa shape index (κ2) is 7.18. The third kappa shape index (κ3) is 6.48. The Kier molecular flexibility index (Phi) is 5.55. The van der Waals surface area contributed by atoms with Crippen molar-refractivity contribution >= 4 is 14.3 Å². The van der Waals surface area contributed by atoms with E-state index in [0.29, 0.717) is 0 Å². The number of hydrogen-bond donors (Lipinski definition) is 0. The van der Waals surface area contributed by atoms with Gasteiger partial charge in [-0.2, -0.15) is 0 Å². The van der Waals surface area contributed by atoms with Gasteiger partial charge in [0.25, 0.3) is 0 Å². The first-order chi connectivity index (χ1) is 9.53. The molecule has 1 aliphatic rings. The van der Waals surface area contributed by atoms with Crippen molar-refractivity contribution in [3.63, 3.8) is 0 Å². The fourth-order valence-corrected chi connectivity index (χ4v) is 4.01. The van der Waals surface area contributed by atoms with Crippen molar-refractivity contribution in [1.82, 2.24) is 4.90 Å². The van der Waals surface area contributed by atoms with E-state index in [1.165, 1.54) is 24.6 Å². The summed E-state index contributed by atoms with van der Waals surface area (Å²) < 4.78 is 0. The minimum atomic E-state index is -1.07. The molecular weight excluding hydrogens is 260 g/mol. The largest absolute Gasteiger partial charge is 0.300 e. The Morgan fingerprint density at radius 2 is 1.90 bits per heavy atom. The van der Waals surface area contributed by atoms with Gasteiger partial charge in [-0.3, -0.25) is 4.99 Å². The number of benzene rings is 1. The first kappa shape index (κ1) is 15.5. The lowest BCUT2D eigenvalue weighted by molar-refractivity contribution is 0.313. The monoisotopic (exact) mass is 288 g/mol. The van der Waals surface area contributed by atoms with Crippen LogP contribution in [-0.2, 0) is 6.54 Å². The number of hydrogen-bond acceptors (Lipinski definition) is 2. The molecule has 0 heterocycles. The van der Waals surface area contributed by atoms with E-state index in [4.69, 9.17) is 0 Å². The van der Waals surface area contributed by atoms with Gasteiger partial charge in [0.1, 0.15) is 0 Å². The summed E-state index contributed by atoms with van der Waals surface area (Å²) in [6, 6.07) is 10.8. The maximum absolute atomic E-state index is 4.59. The van der Waals surface area contributed by atoms with E-state index in [0.717, 1.165) is 25.6 Å². The summed E-state index contributed by atoms with van der Waals surface area (Å²) in [5.41, 5.74) is 1.41. The Morgan fingerprint density at radius 1 is 1.20 bits per heavy atom. The zero-order valence-corrected chi connectivity index (χ0v) is 14.2. The van der Waals surface area contributed by atoms with Gasteiger partial charge in [-0.25, -0.2) is 0 Å². The van der Waals surface area contributed by atoms with Gasteiger partial charge in [-0.05, 0) is 30.5 Å². The molecule has 0 spiro atoms. The van der Waals surface area contributed by atoms with Crippen LogP contribution in [0.3, 0.4) is 0 Å². The summed E-state index contributed by atoms with van der Waals surface area (Å²) in [5.74, 6) is 0.801. The molecule has 0 bridgehead atoms. The van der Waals surface area contributed by atoms with Crippen LogP contribution >= 0.6 is 0 Å². The molecule has 0 amide bonds. The molecule has 2 nitrogen and oxygen atoms in total. The molecule has 1 fully saturated rings. The zero-order chi connectivity index (χ0) is 14.4. The van der Waals surface area contributed by atoms with Crippen molar-refractivity contribution in [2.45, 2.75) is 39.0 Å². The molecule has 0 saturated heterocycles. The van der Waals surface area contributed by atoms with E-state index in [1.807, 2.05) is 0 Å². The molecule has 110 valence electrons. The Morgan fingerprint density at radius 3 is 2.50 bits per heavy atom. The van der Waals surface area contributed by atoms with Crippen LogP contribution in [0.1, 0.15) is 18.4 Å². The van der Waals surface area contributed by atoms with Gasteiger partial charge in [0.05, 0.1) is 14.6 Å². The van der Waals surface area contributed by atoms with Gasteiger partial charge in [0.2, 0.25) is 0 Å². The molecule has 1 aliphatic carbocycles. The minimum Gasteiger partial charge on any atom is -0.300 e. The fourth-order valence-electron chi connectivity index (χ4n) is 2.39. The van der Waals surface area contributed by atoms with Crippen LogP contribution in [0.5, 0.6) is 0 Å². The Hall–Kier alpha value is -0.933. The van der Waals surface area contributed by atoms with Crippen molar-refractivity contribution in [1.29, 1.82) is 0 Å². The zero-order valence-electron chi connectivity index (χ0n) is 13.2. The van der Waals surface area contributed by atoms with Gasteiger partial charge < -0.3 is 4.90 Å². The third-order valence-electron chi connectivity index (χ3n) is 3.43. The molecule has 0 unspecified atom stereocenters. The number of nitrogens with zero attached hydrogens (tertiary/aromatic N) is 2. The Bertz CT molecular complexity index is 418. The maximum atomic E-state index is 4.59. The second-order valence-electron chi connectivity index (χ2n) is 7.15. The molecule has 0 aromatic heterocycles. The van der Waals surface area contributed by atoms with Crippen LogP contribution in [0.15, 0.2) is 35.3 Å². The molecule has 1 aromatic carbocycles. The van der Waals surface area contributed by atoms with Crippen LogP contribution in [0.2, 0.25) is 19.6 Å². The van der Waals surface area contributed by atoms with E-state index in [1.54, 1.807) is 0 Å². The average Bonchev–Trinajstić information content (AvgIpc) is 3.18. The highest BCUT2D eigenvalue weighted by molar-refractivity contribution is 6.76. The lowest BCUT2D eigenvalue weighted by atomic mass is 10.2. The molecule has 1 aromatic rings. The minimum absolute atomic E-state index is 0.801. The van der Waals surface area contributed by atoms with Crippen LogP contribution < -0.4 is 0 Å². The van der Waals surface area contributed by atoms with Crippen molar-refractivity contribution in [2.24, 2.45) is 10.9 Å². The van der Waals surface area contributed by atoms with Crippen LogP contribution in [-0.4, -0.2) is 38.4 Å². The van der Waals surface area contributed by atoms with Gasteiger partial charge in [0, 0.05) is 19.3 Å². The van der Waals surface area contributed by atoms with Gasteiger partial charge in [-0.1, -0.05) is 50.0 Å². The Balaban J connectivity index is 1.85. The molecule has 0 radical (unpaired) electrons. The third-order valence-corrected chi connectivity index (χ3v) is 4.83. The summed E-state index contributed by atoms with van der Waals surface area (Å²) in [5, 5.41) is 0. The number of aliphatic imine (C=N–C) groups is 1. The summed E-state index contributed by atoms with van der Waals surface area (Å²) in [7, 11) is -1.07. The fraction of sp³-hybridized carbons (Fsp3) is 0.588. The predicted molar refractivity (Wildman–Crippen MR) is 91.1 cm³/mol.